The molecule has 1 saturated carbocycles. The number of likely N-dealkylation sites (tertiary alicyclic amines) is 1. The maximum atomic E-state index is 12.5. The number of carbonyl (C=O) groups is 2. The van der Waals surface area contributed by atoms with E-state index in [2.05, 4.69) is 0 Å². The summed E-state index contributed by atoms with van der Waals surface area (Å²) in [5.41, 5.74) is 0. The van der Waals surface area contributed by atoms with Crippen LogP contribution in [-0.2, 0) is 18.8 Å². The van der Waals surface area contributed by atoms with E-state index in [1.165, 1.54) is 12.0 Å². The first-order valence-corrected chi connectivity index (χ1v) is 11.8. The van der Waals surface area contributed by atoms with Crippen LogP contribution in [0.4, 0.5) is 4.79 Å². The van der Waals surface area contributed by atoms with Crippen LogP contribution in [0, 0.1) is 17.8 Å². The smallest absolute Gasteiger partial charge is 0.410 e. The van der Waals surface area contributed by atoms with Crippen LogP contribution in [-0.4, -0.2) is 58.2 Å². The lowest BCUT2D eigenvalue weighted by Gasteiger charge is -2.50. The van der Waals surface area contributed by atoms with Crippen LogP contribution in [0.15, 0.2) is 0 Å². The Bertz CT molecular complexity index is 615. The van der Waals surface area contributed by atoms with Gasteiger partial charge in [0.1, 0.15) is 6.04 Å². The average Bonchev–Trinajstić information content (AvgIpc) is 2.66. The lowest BCUT2D eigenvalue weighted by molar-refractivity contribution is -0.152. The SMILES string of the molecule is CCOC(=O)C1CC2CC(C(CC)(CC)P(=O)(O)O)CCC2CN1C(=O)OC. The Balaban J connectivity index is 2.25. The fraction of sp³-hybridized carbons (Fsp3) is 0.895. The first kappa shape index (κ1) is 23.2. The zero-order chi connectivity index (χ0) is 21.1. The van der Waals surface area contributed by atoms with E-state index >= 15 is 0 Å². The highest BCUT2D eigenvalue weighted by Crippen LogP contribution is 2.62. The van der Waals surface area contributed by atoms with Crippen molar-refractivity contribution in [1.82, 2.24) is 4.90 Å². The van der Waals surface area contributed by atoms with Crippen molar-refractivity contribution < 1.29 is 33.4 Å². The molecule has 1 aliphatic heterocycles. The van der Waals surface area contributed by atoms with Crippen LogP contribution >= 0.6 is 7.60 Å². The number of carbonyl (C=O) groups excluding carboxylic acids is 2. The minimum atomic E-state index is -4.28. The molecule has 9 heteroatoms. The molecule has 4 atom stereocenters. The third-order valence-corrected chi connectivity index (χ3v) is 9.16. The number of fused-ring (bicyclic) bond motifs is 1. The van der Waals surface area contributed by atoms with Crippen LogP contribution < -0.4 is 0 Å². The van der Waals surface area contributed by atoms with Gasteiger partial charge >= 0.3 is 19.7 Å². The van der Waals surface area contributed by atoms with Gasteiger partial charge in [-0.25, -0.2) is 9.59 Å². The summed E-state index contributed by atoms with van der Waals surface area (Å²) in [6.45, 7) is 6.05. The molecule has 0 aromatic carbocycles. The summed E-state index contributed by atoms with van der Waals surface area (Å²) < 4.78 is 22.4. The van der Waals surface area contributed by atoms with Crippen molar-refractivity contribution >= 4 is 19.7 Å². The highest BCUT2D eigenvalue weighted by molar-refractivity contribution is 7.53. The Morgan fingerprint density at radius 2 is 1.75 bits per heavy atom. The number of ether oxygens (including phenoxy) is 2. The molecule has 28 heavy (non-hydrogen) atoms. The predicted octanol–water partition coefficient (Wildman–Crippen LogP) is 3.16. The van der Waals surface area contributed by atoms with Gasteiger partial charge in [0, 0.05) is 6.54 Å². The summed E-state index contributed by atoms with van der Waals surface area (Å²) in [6.07, 6.45) is 2.90. The molecule has 0 aromatic heterocycles. The monoisotopic (exact) mass is 419 g/mol. The first-order chi connectivity index (χ1) is 13.1. The van der Waals surface area contributed by atoms with E-state index in [9.17, 15) is 23.9 Å². The molecule has 4 unspecified atom stereocenters. The Hall–Kier alpha value is -1.11. The third-order valence-electron chi connectivity index (χ3n) is 7.01. The molecule has 8 nitrogen and oxygen atoms in total. The molecule has 2 N–H and O–H groups in total. The molecule has 1 saturated heterocycles. The van der Waals surface area contributed by atoms with Crippen molar-refractivity contribution in [1.29, 1.82) is 0 Å². The topological polar surface area (TPSA) is 113 Å². The highest BCUT2D eigenvalue weighted by atomic mass is 31.2. The molecule has 0 bridgehead atoms. The standard InChI is InChI=1S/C19H34NO7P/c1-5-19(6-2,28(23,24)25)15-9-8-13-12-20(18(22)26-4)16(11-14(13)10-15)17(21)27-7-3/h13-16H,5-12H2,1-4H3,(H2,23,24,25). The summed E-state index contributed by atoms with van der Waals surface area (Å²) in [5.74, 6) is -0.222. The van der Waals surface area contributed by atoms with E-state index in [-0.39, 0.29) is 24.4 Å². The molecule has 162 valence electrons. The minimum absolute atomic E-state index is 0.0999. The van der Waals surface area contributed by atoms with Crippen molar-refractivity contribution in [3.8, 4) is 0 Å². The van der Waals surface area contributed by atoms with Gasteiger partial charge in [0.05, 0.1) is 18.9 Å². The van der Waals surface area contributed by atoms with Crippen molar-refractivity contribution in [3.63, 3.8) is 0 Å². The van der Waals surface area contributed by atoms with Crippen molar-refractivity contribution in [3.05, 3.63) is 0 Å². The first-order valence-electron chi connectivity index (χ1n) is 10.2. The predicted molar refractivity (Wildman–Crippen MR) is 104 cm³/mol. The molecule has 0 radical (unpaired) electrons. The summed E-state index contributed by atoms with van der Waals surface area (Å²) in [6, 6.07) is -0.708. The van der Waals surface area contributed by atoms with Gasteiger partial charge in [-0.2, -0.15) is 0 Å². The van der Waals surface area contributed by atoms with E-state index in [1.807, 2.05) is 13.8 Å². The van der Waals surface area contributed by atoms with Gasteiger partial charge in [0.15, 0.2) is 0 Å². The maximum absolute atomic E-state index is 12.5. The Labute approximate surface area is 167 Å². The molecule has 1 aliphatic carbocycles. The van der Waals surface area contributed by atoms with E-state index in [4.69, 9.17) is 9.47 Å². The molecular weight excluding hydrogens is 385 g/mol. The molecular formula is C19H34NO7P. The van der Waals surface area contributed by atoms with Crippen LogP contribution in [0.25, 0.3) is 0 Å². The summed E-state index contributed by atoms with van der Waals surface area (Å²) in [4.78, 5) is 46.3. The molecule has 2 fully saturated rings. The van der Waals surface area contributed by atoms with Gasteiger partial charge < -0.3 is 19.3 Å². The third kappa shape index (κ3) is 4.24. The number of nitrogens with zero attached hydrogens (tertiary/aromatic N) is 1. The highest BCUT2D eigenvalue weighted by Gasteiger charge is 2.53. The second-order valence-electron chi connectivity index (χ2n) is 8.01. The second kappa shape index (κ2) is 9.14. The molecule has 2 rings (SSSR count). The lowest BCUT2D eigenvalue weighted by atomic mass is 9.65. The van der Waals surface area contributed by atoms with Crippen LogP contribution in [0.5, 0.6) is 0 Å². The van der Waals surface area contributed by atoms with Crippen molar-refractivity contribution in [2.45, 2.75) is 70.5 Å². The summed E-state index contributed by atoms with van der Waals surface area (Å²) >= 11 is 0. The molecule has 2 aliphatic rings. The van der Waals surface area contributed by atoms with Gasteiger partial charge in [-0.15, -0.1) is 0 Å². The lowest BCUT2D eigenvalue weighted by Crippen LogP contribution is -2.56. The number of methoxy groups -OCH3 is 1. The fourth-order valence-electron chi connectivity index (χ4n) is 5.40. The number of piperidine rings is 1. The van der Waals surface area contributed by atoms with Gasteiger partial charge in [-0.1, -0.05) is 13.8 Å². The summed E-state index contributed by atoms with van der Waals surface area (Å²) in [7, 11) is -2.98. The zero-order valence-electron chi connectivity index (χ0n) is 17.3. The van der Waals surface area contributed by atoms with Crippen LogP contribution in [0.3, 0.4) is 0 Å². The molecule has 0 aromatic rings. The number of amides is 1. The van der Waals surface area contributed by atoms with E-state index < -0.39 is 30.9 Å². The van der Waals surface area contributed by atoms with Crippen molar-refractivity contribution in [2.24, 2.45) is 17.8 Å². The molecule has 1 amide bonds. The van der Waals surface area contributed by atoms with Gasteiger partial charge in [0.25, 0.3) is 0 Å². The van der Waals surface area contributed by atoms with Gasteiger partial charge in [0.2, 0.25) is 0 Å². The zero-order valence-corrected chi connectivity index (χ0v) is 18.2. The van der Waals surface area contributed by atoms with Crippen molar-refractivity contribution in [2.75, 3.05) is 20.3 Å². The fourth-order valence-corrected chi connectivity index (χ4v) is 6.93. The Morgan fingerprint density at radius 3 is 2.25 bits per heavy atom. The Morgan fingerprint density at radius 1 is 1.11 bits per heavy atom. The minimum Gasteiger partial charge on any atom is -0.464 e. The Kier molecular flexibility index (Phi) is 7.56. The quantitative estimate of drug-likeness (QED) is 0.502. The summed E-state index contributed by atoms with van der Waals surface area (Å²) in [5, 5.41) is -1.02. The average molecular weight is 419 g/mol. The van der Waals surface area contributed by atoms with Crippen LogP contribution in [0.1, 0.15) is 59.3 Å². The van der Waals surface area contributed by atoms with Gasteiger partial charge in [-0.3, -0.25) is 9.46 Å². The number of esters is 1. The van der Waals surface area contributed by atoms with Gasteiger partial charge in [-0.05, 0) is 63.2 Å². The molecule has 0 spiro atoms. The molecule has 1 heterocycles. The van der Waals surface area contributed by atoms with E-state index in [0.29, 0.717) is 38.6 Å². The number of hydrogen-bond donors (Lipinski definition) is 2. The maximum Gasteiger partial charge on any atom is 0.410 e. The number of rotatable bonds is 6. The largest absolute Gasteiger partial charge is 0.464 e. The van der Waals surface area contributed by atoms with E-state index in [1.54, 1.807) is 6.92 Å². The second-order valence-corrected chi connectivity index (χ2v) is 9.99. The normalized spacial score (nSPS) is 28.4. The van der Waals surface area contributed by atoms with Crippen LogP contribution in [0.2, 0.25) is 0 Å². The number of hydrogen-bond acceptors (Lipinski definition) is 5. The van der Waals surface area contributed by atoms with E-state index in [0.717, 1.165) is 6.42 Å².